The van der Waals surface area contributed by atoms with Crippen LogP contribution in [0, 0.1) is 0 Å². The number of nitrogens with zero attached hydrogens (tertiary/aromatic N) is 3. The molecule has 0 radical (unpaired) electrons. The molecule has 6 rings (SSSR count). The first-order valence-corrected chi connectivity index (χ1v) is 13.2. The monoisotopic (exact) mass is 539 g/mol. The Bertz CT molecular complexity index is 1750. The van der Waals surface area contributed by atoms with Gasteiger partial charge < -0.3 is 9.30 Å². The molecule has 41 heavy (non-hydrogen) atoms. The molecule has 1 aromatic heterocycles. The van der Waals surface area contributed by atoms with Crippen LogP contribution in [0.3, 0.4) is 0 Å². The van der Waals surface area contributed by atoms with Gasteiger partial charge in [0.15, 0.2) is 0 Å². The van der Waals surface area contributed by atoms with Crippen molar-refractivity contribution in [1.82, 2.24) is 9.58 Å². The van der Waals surface area contributed by atoms with Crippen LogP contribution in [-0.4, -0.2) is 40.2 Å². The summed E-state index contributed by atoms with van der Waals surface area (Å²) in [5.74, 6) is -1.30. The summed E-state index contributed by atoms with van der Waals surface area (Å²) in [7, 11) is 0. The number of carbonyl (C=O) groups is 3. The minimum atomic E-state index is -0.458. The highest BCUT2D eigenvalue weighted by molar-refractivity contribution is 6.21. The summed E-state index contributed by atoms with van der Waals surface area (Å²) in [5, 5.41) is 5.30. The summed E-state index contributed by atoms with van der Waals surface area (Å²) in [6.07, 6.45) is 1.56. The van der Waals surface area contributed by atoms with Crippen molar-refractivity contribution in [1.29, 1.82) is 0 Å². The molecule has 7 nitrogen and oxygen atoms in total. The summed E-state index contributed by atoms with van der Waals surface area (Å²) in [6, 6.07) is 35.6. The van der Waals surface area contributed by atoms with Gasteiger partial charge in [-0.2, -0.15) is 10.1 Å². The number of hydrogen-bond donors (Lipinski definition) is 0. The second kappa shape index (κ2) is 10.9. The summed E-state index contributed by atoms with van der Waals surface area (Å²) in [4.78, 5) is 38.3. The Morgan fingerprint density at radius 3 is 1.90 bits per heavy atom. The topological polar surface area (TPSA) is 81.0 Å². The van der Waals surface area contributed by atoms with E-state index in [1.54, 1.807) is 49.5 Å². The highest BCUT2D eigenvalue weighted by atomic mass is 16.5. The van der Waals surface area contributed by atoms with E-state index in [0.717, 1.165) is 33.2 Å². The maximum absolute atomic E-state index is 13.0. The maximum Gasteiger partial charge on any atom is 0.338 e. The third-order valence-electron chi connectivity index (χ3n) is 6.87. The molecular formula is C34H25N3O4. The van der Waals surface area contributed by atoms with Gasteiger partial charge in [0, 0.05) is 11.3 Å². The van der Waals surface area contributed by atoms with Gasteiger partial charge in [-0.05, 0) is 60.5 Å². The van der Waals surface area contributed by atoms with Gasteiger partial charge in [-0.25, -0.2) is 4.79 Å². The summed E-state index contributed by atoms with van der Waals surface area (Å²) < 4.78 is 7.25. The average Bonchev–Trinajstić information content (AvgIpc) is 3.52. The van der Waals surface area contributed by atoms with Crippen molar-refractivity contribution in [2.45, 2.75) is 6.92 Å². The number of rotatable bonds is 7. The molecule has 2 heterocycles. The van der Waals surface area contributed by atoms with Crippen LogP contribution in [0.5, 0.6) is 0 Å². The SMILES string of the molecule is CCOC(=O)c1ccc(-n2c(-c3ccccc3)cc(/C=N\N3C(=O)c4ccccc4C3=O)c2-c2ccccc2)cc1. The Labute approximate surface area is 236 Å². The fourth-order valence-electron chi connectivity index (χ4n) is 4.97. The molecule has 0 saturated heterocycles. The molecule has 1 aliphatic heterocycles. The van der Waals surface area contributed by atoms with E-state index in [1.807, 2.05) is 78.9 Å². The highest BCUT2D eigenvalue weighted by Gasteiger charge is 2.35. The van der Waals surface area contributed by atoms with Gasteiger partial charge in [0.1, 0.15) is 0 Å². The molecule has 0 atom stereocenters. The number of amides is 2. The Balaban J connectivity index is 1.52. The zero-order valence-corrected chi connectivity index (χ0v) is 22.2. The second-order valence-corrected chi connectivity index (χ2v) is 9.38. The number of hydrogen-bond acceptors (Lipinski definition) is 5. The lowest BCUT2D eigenvalue weighted by atomic mass is 10.1. The van der Waals surface area contributed by atoms with Gasteiger partial charge in [-0.1, -0.05) is 72.8 Å². The van der Waals surface area contributed by atoms with E-state index in [0.29, 0.717) is 28.9 Å². The molecule has 5 aromatic rings. The average molecular weight is 540 g/mol. The van der Waals surface area contributed by atoms with E-state index in [2.05, 4.69) is 9.67 Å². The number of imide groups is 1. The molecular weight excluding hydrogens is 514 g/mol. The summed E-state index contributed by atoms with van der Waals surface area (Å²) in [5.41, 5.74) is 6.21. The lowest BCUT2D eigenvalue weighted by molar-refractivity contribution is 0.0525. The van der Waals surface area contributed by atoms with Crippen molar-refractivity contribution in [3.05, 3.63) is 138 Å². The normalized spacial score (nSPS) is 12.7. The van der Waals surface area contributed by atoms with Gasteiger partial charge in [0.2, 0.25) is 0 Å². The number of fused-ring (bicyclic) bond motifs is 1. The largest absolute Gasteiger partial charge is 0.462 e. The predicted octanol–water partition coefficient (Wildman–Crippen LogP) is 6.62. The van der Waals surface area contributed by atoms with Gasteiger partial charge in [-0.15, -0.1) is 0 Å². The van der Waals surface area contributed by atoms with Crippen LogP contribution in [0.1, 0.15) is 43.6 Å². The van der Waals surface area contributed by atoms with Crippen molar-refractivity contribution < 1.29 is 19.1 Å². The lowest BCUT2D eigenvalue weighted by Crippen LogP contribution is -2.24. The zero-order valence-electron chi connectivity index (χ0n) is 22.2. The van der Waals surface area contributed by atoms with Crippen LogP contribution in [0.4, 0.5) is 0 Å². The van der Waals surface area contributed by atoms with Crippen molar-refractivity contribution in [3.8, 4) is 28.2 Å². The predicted molar refractivity (Wildman–Crippen MR) is 157 cm³/mol. The second-order valence-electron chi connectivity index (χ2n) is 9.38. The standard InChI is InChI=1S/C34H25N3O4/c1-2-41-34(40)25-17-19-27(20-18-25)36-30(23-11-5-3-6-12-23)21-26(31(36)24-13-7-4-8-14-24)22-35-37-32(38)28-15-9-10-16-29(28)33(37)39/h3-22H,2H2,1H3/b35-22-. The van der Waals surface area contributed by atoms with Crippen LogP contribution in [0.15, 0.2) is 120 Å². The molecule has 1 aliphatic rings. The van der Waals surface area contributed by atoms with Crippen molar-refractivity contribution in [3.63, 3.8) is 0 Å². The number of benzene rings is 4. The first-order chi connectivity index (χ1) is 20.1. The van der Waals surface area contributed by atoms with Crippen LogP contribution in [0.25, 0.3) is 28.2 Å². The molecule has 0 unspecified atom stereocenters. The van der Waals surface area contributed by atoms with Crippen molar-refractivity contribution in [2.24, 2.45) is 5.10 Å². The number of carbonyl (C=O) groups excluding carboxylic acids is 3. The van der Waals surface area contributed by atoms with E-state index in [4.69, 9.17) is 4.74 Å². The van der Waals surface area contributed by atoms with E-state index in [1.165, 1.54) is 0 Å². The van der Waals surface area contributed by atoms with Crippen LogP contribution in [-0.2, 0) is 4.74 Å². The highest BCUT2D eigenvalue weighted by Crippen LogP contribution is 2.36. The number of hydrazone groups is 1. The molecule has 0 spiro atoms. The molecule has 7 heteroatoms. The number of esters is 1. The van der Waals surface area contributed by atoms with Crippen LogP contribution < -0.4 is 0 Å². The van der Waals surface area contributed by atoms with E-state index < -0.39 is 11.8 Å². The summed E-state index contributed by atoms with van der Waals surface area (Å²) >= 11 is 0. The van der Waals surface area contributed by atoms with E-state index in [9.17, 15) is 14.4 Å². The van der Waals surface area contributed by atoms with Gasteiger partial charge >= 0.3 is 5.97 Å². The third kappa shape index (κ3) is 4.74. The minimum absolute atomic E-state index is 0.296. The Morgan fingerprint density at radius 2 is 1.32 bits per heavy atom. The van der Waals surface area contributed by atoms with Crippen LogP contribution >= 0.6 is 0 Å². The van der Waals surface area contributed by atoms with Gasteiger partial charge in [0.25, 0.3) is 11.8 Å². The molecule has 0 saturated carbocycles. The molecule has 200 valence electrons. The van der Waals surface area contributed by atoms with Crippen molar-refractivity contribution in [2.75, 3.05) is 6.61 Å². The fourth-order valence-corrected chi connectivity index (χ4v) is 4.97. The zero-order chi connectivity index (χ0) is 28.3. The first kappa shape index (κ1) is 25.7. The molecule has 4 aromatic carbocycles. The Kier molecular flexibility index (Phi) is 6.83. The molecule has 0 N–H and O–H groups in total. The quantitative estimate of drug-likeness (QED) is 0.132. The Hall–Kier alpha value is -5.56. The van der Waals surface area contributed by atoms with E-state index >= 15 is 0 Å². The molecule has 2 amide bonds. The maximum atomic E-state index is 13.0. The van der Waals surface area contributed by atoms with Gasteiger partial charge in [0.05, 0.1) is 40.9 Å². The minimum Gasteiger partial charge on any atom is -0.462 e. The molecule has 0 fully saturated rings. The van der Waals surface area contributed by atoms with Crippen molar-refractivity contribution >= 4 is 24.0 Å². The molecule has 0 aliphatic carbocycles. The summed E-state index contributed by atoms with van der Waals surface area (Å²) in [6.45, 7) is 2.07. The van der Waals surface area contributed by atoms with Gasteiger partial charge in [-0.3, -0.25) is 9.59 Å². The fraction of sp³-hybridized carbons (Fsp3) is 0.0588. The number of aromatic nitrogens is 1. The number of ether oxygens (including phenoxy) is 1. The smallest absolute Gasteiger partial charge is 0.338 e. The third-order valence-corrected chi connectivity index (χ3v) is 6.87. The van der Waals surface area contributed by atoms with Crippen LogP contribution in [0.2, 0.25) is 0 Å². The Morgan fingerprint density at radius 1 is 0.756 bits per heavy atom. The first-order valence-electron chi connectivity index (χ1n) is 13.2. The molecule has 0 bridgehead atoms. The van der Waals surface area contributed by atoms with E-state index in [-0.39, 0.29) is 5.97 Å². The lowest BCUT2D eigenvalue weighted by Gasteiger charge is -2.15.